The molecule has 0 atom stereocenters. The SMILES string of the molecule is CCCS(=O)(=O)Nc1ccc2[nH]c(=O)c3ccccc3c2c1. The van der Waals surface area contributed by atoms with Gasteiger partial charge in [0.15, 0.2) is 0 Å². The van der Waals surface area contributed by atoms with Crippen LogP contribution in [0, 0.1) is 0 Å². The number of hydrogen-bond acceptors (Lipinski definition) is 3. The second-order valence-corrected chi connectivity index (χ2v) is 7.02. The van der Waals surface area contributed by atoms with E-state index in [4.69, 9.17) is 0 Å². The lowest BCUT2D eigenvalue weighted by atomic mass is 10.1. The molecular formula is C16H16N2O3S. The molecule has 0 spiro atoms. The van der Waals surface area contributed by atoms with Crippen molar-refractivity contribution in [3.8, 4) is 0 Å². The van der Waals surface area contributed by atoms with Crippen molar-refractivity contribution in [1.29, 1.82) is 0 Å². The van der Waals surface area contributed by atoms with E-state index >= 15 is 0 Å². The normalized spacial score (nSPS) is 11.9. The zero-order valence-corrected chi connectivity index (χ0v) is 12.9. The summed E-state index contributed by atoms with van der Waals surface area (Å²) in [7, 11) is -3.34. The summed E-state index contributed by atoms with van der Waals surface area (Å²) < 4.78 is 26.3. The standard InChI is InChI=1S/C16H16N2O3S/c1-2-9-22(20,21)18-11-7-8-15-14(10-11)12-5-3-4-6-13(12)16(19)17-15/h3-8,10,18H,2,9H2,1H3,(H,17,19). The third-order valence-corrected chi connectivity index (χ3v) is 4.97. The molecule has 22 heavy (non-hydrogen) atoms. The van der Waals surface area contributed by atoms with E-state index in [2.05, 4.69) is 9.71 Å². The van der Waals surface area contributed by atoms with E-state index in [1.54, 1.807) is 30.3 Å². The molecule has 6 heteroatoms. The average molecular weight is 316 g/mol. The number of hydrogen-bond donors (Lipinski definition) is 2. The molecule has 0 bridgehead atoms. The van der Waals surface area contributed by atoms with Crippen molar-refractivity contribution in [3.63, 3.8) is 0 Å². The lowest BCUT2D eigenvalue weighted by Gasteiger charge is -2.09. The molecule has 114 valence electrons. The number of benzene rings is 2. The third-order valence-electron chi connectivity index (χ3n) is 3.48. The predicted octanol–water partition coefficient (Wildman–Crippen LogP) is 2.83. The van der Waals surface area contributed by atoms with Gasteiger partial charge < -0.3 is 4.98 Å². The minimum absolute atomic E-state index is 0.0808. The van der Waals surface area contributed by atoms with E-state index in [1.807, 2.05) is 19.1 Å². The number of fused-ring (bicyclic) bond motifs is 3. The Morgan fingerprint density at radius 3 is 2.50 bits per heavy atom. The molecule has 0 amide bonds. The van der Waals surface area contributed by atoms with E-state index < -0.39 is 10.0 Å². The number of aromatic amines is 1. The fourth-order valence-electron chi connectivity index (χ4n) is 2.54. The van der Waals surface area contributed by atoms with Gasteiger partial charge >= 0.3 is 0 Å². The summed E-state index contributed by atoms with van der Waals surface area (Å²) in [5, 5.41) is 2.20. The van der Waals surface area contributed by atoms with Gasteiger partial charge in [-0.3, -0.25) is 9.52 Å². The van der Waals surface area contributed by atoms with Crippen molar-refractivity contribution in [2.45, 2.75) is 13.3 Å². The van der Waals surface area contributed by atoms with Gasteiger partial charge in [0.2, 0.25) is 10.0 Å². The molecule has 0 fully saturated rings. The molecule has 0 saturated heterocycles. The summed E-state index contributed by atoms with van der Waals surface area (Å²) >= 11 is 0. The molecule has 2 N–H and O–H groups in total. The van der Waals surface area contributed by atoms with E-state index in [1.165, 1.54) is 0 Å². The van der Waals surface area contributed by atoms with Crippen LogP contribution in [0.2, 0.25) is 0 Å². The first-order chi connectivity index (χ1) is 10.5. The lowest BCUT2D eigenvalue weighted by Crippen LogP contribution is -2.16. The van der Waals surface area contributed by atoms with Gasteiger partial charge in [0.05, 0.1) is 5.75 Å². The largest absolute Gasteiger partial charge is 0.321 e. The average Bonchev–Trinajstić information content (AvgIpc) is 2.48. The Morgan fingerprint density at radius 1 is 1.05 bits per heavy atom. The smallest absolute Gasteiger partial charge is 0.256 e. The van der Waals surface area contributed by atoms with E-state index in [0.29, 0.717) is 23.0 Å². The monoisotopic (exact) mass is 316 g/mol. The molecule has 0 aliphatic rings. The van der Waals surface area contributed by atoms with Crippen molar-refractivity contribution >= 4 is 37.4 Å². The van der Waals surface area contributed by atoms with Gasteiger partial charge in [-0.1, -0.05) is 25.1 Å². The Morgan fingerprint density at radius 2 is 1.77 bits per heavy atom. The highest BCUT2D eigenvalue weighted by Crippen LogP contribution is 2.24. The molecule has 0 saturated carbocycles. The van der Waals surface area contributed by atoms with Gasteiger partial charge in [0, 0.05) is 22.0 Å². The summed E-state index contributed by atoms with van der Waals surface area (Å²) in [6, 6.07) is 12.4. The molecule has 0 aliphatic carbocycles. The quantitative estimate of drug-likeness (QED) is 0.726. The van der Waals surface area contributed by atoms with Crippen LogP contribution in [0.5, 0.6) is 0 Å². The molecule has 2 aromatic carbocycles. The second-order valence-electron chi connectivity index (χ2n) is 5.18. The maximum atomic E-state index is 12.0. The van der Waals surface area contributed by atoms with Gasteiger partial charge in [-0.2, -0.15) is 0 Å². The molecular weight excluding hydrogens is 300 g/mol. The predicted molar refractivity (Wildman–Crippen MR) is 89.8 cm³/mol. The van der Waals surface area contributed by atoms with Crippen LogP contribution in [0.25, 0.3) is 21.7 Å². The molecule has 0 aliphatic heterocycles. The number of aromatic nitrogens is 1. The first kappa shape index (κ1) is 14.6. The van der Waals surface area contributed by atoms with Crippen molar-refractivity contribution in [2.75, 3.05) is 10.5 Å². The van der Waals surface area contributed by atoms with E-state index in [0.717, 1.165) is 10.8 Å². The van der Waals surface area contributed by atoms with Crippen molar-refractivity contribution in [3.05, 3.63) is 52.8 Å². The van der Waals surface area contributed by atoms with Crippen LogP contribution < -0.4 is 10.3 Å². The number of H-pyrrole nitrogens is 1. The summed E-state index contributed by atoms with van der Waals surface area (Å²) in [5.41, 5.74) is 1.03. The Bertz CT molecular complexity index is 1010. The molecule has 1 heterocycles. The number of pyridine rings is 1. The van der Waals surface area contributed by atoms with Crippen LogP contribution in [0.15, 0.2) is 47.3 Å². The minimum atomic E-state index is -3.34. The second kappa shape index (κ2) is 5.46. The first-order valence-electron chi connectivity index (χ1n) is 7.05. The van der Waals surface area contributed by atoms with Crippen LogP contribution in [0.4, 0.5) is 5.69 Å². The van der Waals surface area contributed by atoms with Crippen molar-refractivity contribution in [1.82, 2.24) is 4.98 Å². The fraction of sp³-hybridized carbons (Fsp3) is 0.188. The highest BCUT2D eigenvalue weighted by molar-refractivity contribution is 7.92. The zero-order valence-electron chi connectivity index (χ0n) is 12.1. The molecule has 3 aromatic rings. The topological polar surface area (TPSA) is 79.0 Å². The molecule has 0 unspecified atom stereocenters. The van der Waals surface area contributed by atoms with Crippen molar-refractivity contribution < 1.29 is 8.42 Å². The molecule has 0 radical (unpaired) electrons. The van der Waals surface area contributed by atoms with Crippen LogP contribution in [-0.2, 0) is 10.0 Å². The maximum Gasteiger partial charge on any atom is 0.256 e. The lowest BCUT2D eigenvalue weighted by molar-refractivity contribution is 0.600. The summed E-state index contributed by atoms with van der Waals surface area (Å²) in [6.45, 7) is 1.82. The number of anilines is 1. The Balaban J connectivity index is 2.19. The number of sulfonamides is 1. The van der Waals surface area contributed by atoms with E-state index in [9.17, 15) is 13.2 Å². The Kier molecular flexibility index (Phi) is 3.62. The molecule has 3 rings (SSSR count). The van der Waals surface area contributed by atoms with Gasteiger partial charge in [0.1, 0.15) is 0 Å². The van der Waals surface area contributed by atoms with Gasteiger partial charge in [-0.15, -0.1) is 0 Å². The number of nitrogens with one attached hydrogen (secondary N) is 2. The van der Waals surface area contributed by atoms with Crippen LogP contribution in [-0.4, -0.2) is 19.2 Å². The molecule has 1 aromatic heterocycles. The Labute approximate surface area is 128 Å². The number of rotatable bonds is 4. The van der Waals surface area contributed by atoms with Gasteiger partial charge in [0.25, 0.3) is 5.56 Å². The Hall–Kier alpha value is -2.34. The van der Waals surface area contributed by atoms with Crippen molar-refractivity contribution in [2.24, 2.45) is 0 Å². The summed E-state index contributed by atoms with van der Waals surface area (Å²) in [4.78, 5) is 14.8. The first-order valence-corrected chi connectivity index (χ1v) is 8.71. The highest BCUT2D eigenvalue weighted by atomic mass is 32.2. The maximum absolute atomic E-state index is 12.0. The van der Waals surface area contributed by atoms with Crippen LogP contribution in [0.1, 0.15) is 13.3 Å². The van der Waals surface area contributed by atoms with Crippen LogP contribution in [0.3, 0.4) is 0 Å². The molecule has 5 nitrogen and oxygen atoms in total. The zero-order chi connectivity index (χ0) is 15.7. The van der Waals surface area contributed by atoms with Gasteiger partial charge in [-0.25, -0.2) is 8.42 Å². The summed E-state index contributed by atoms with van der Waals surface area (Å²) in [5.74, 6) is 0.0808. The van der Waals surface area contributed by atoms with Crippen LogP contribution >= 0.6 is 0 Å². The van der Waals surface area contributed by atoms with Gasteiger partial charge in [-0.05, 0) is 36.1 Å². The summed E-state index contributed by atoms with van der Waals surface area (Å²) in [6.07, 6.45) is 0.555. The minimum Gasteiger partial charge on any atom is -0.321 e. The highest BCUT2D eigenvalue weighted by Gasteiger charge is 2.10. The van der Waals surface area contributed by atoms with E-state index in [-0.39, 0.29) is 11.3 Å². The fourth-order valence-corrected chi connectivity index (χ4v) is 3.67. The third kappa shape index (κ3) is 2.69.